The quantitative estimate of drug-likeness (QED) is 0.491. The second-order valence-electron chi connectivity index (χ2n) is 8.43. The van der Waals surface area contributed by atoms with E-state index in [9.17, 15) is 22.8 Å². The first kappa shape index (κ1) is 23.4. The number of piperazine rings is 1. The van der Waals surface area contributed by atoms with E-state index in [2.05, 4.69) is 5.32 Å². The minimum absolute atomic E-state index is 0.0463. The number of nitrogens with one attached hydrogen (secondary N) is 1. The van der Waals surface area contributed by atoms with Gasteiger partial charge >= 0.3 is 6.03 Å². The smallest absolute Gasteiger partial charge is 0.322 e. The molecule has 176 valence electrons. The zero-order valence-corrected chi connectivity index (χ0v) is 18.9. The molecule has 0 unspecified atom stereocenters. The Labute approximate surface area is 194 Å². The highest BCUT2D eigenvalue weighted by Gasteiger charge is 2.47. The Morgan fingerprint density at radius 2 is 1.79 bits per heavy atom. The fourth-order valence-electron chi connectivity index (χ4n) is 4.53. The van der Waals surface area contributed by atoms with Crippen LogP contribution in [0.15, 0.2) is 41.3 Å². The molecule has 2 heterocycles. The minimum atomic E-state index is -1.26. The van der Waals surface area contributed by atoms with Crippen LogP contribution in [0.5, 0.6) is 0 Å². The monoisotopic (exact) mass is 478 g/mol. The summed E-state index contributed by atoms with van der Waals surface area (Å²) >= 11 is 1.59. The fraction of sp³-hybridized carbons (Fsp3) is 0.391. The van der Waals surface area contributed by atoms with Crippen LogP contribution in [-0.2, 0) is 11.2 Å². The third kappa shape index (κ3) is 5.11. The second-order valence-corrected chi connectivity index (χ2v) is 9.31. The molecule has 2 bridgehead atoms. The summed E-state index contributed by atoms with van der Waals surface area (Å²) in [6, 6.07) is 7.73. The van der Waals surface area contributed by atoms with E-state index in [-0.39, 0.29) is 42.4 Å². The number of carbonyl (C=O) groups is 2. The van der Waals surface area contributed by atoms with E-state index in [1.807, 2.05) is 30.5 Å². The number of halogens is 3. The molecule has 2 aliphatic rings. The average Bonchev–Trinajstić information content (AvgIpc) is 3.39. The lowest BCUT2D eigenvalue weighted by molar-refractivity contribution is -0.133. The van der Waals surface area contributed by atoms with Crippen LogP contribution in [0, 0.1) is 17.5 Å². The van der Waals surface area contributed by atoms with E-state index in [0.717, 1.165) is 16.6 Å². The summed E-state index contributed by atoms with van der Waals surface area (Å²) in [5.74, 6) is -3.49. The van der Waals surface area contributed by atoms with Gasteiger partial charge < -0.3 is 20.9 Å². The lowest BCUT2D eigenvalue weighted by Crippen LogP contribution is -2.52. The number of amides is 3. The summed E-state index contributed by atoms with van der Waals surface area (Å²) in [5, 5.41) is 2.92. The first-order valence-corrected chi connectivity index (χ1v) is 11.9. The van der Waals surface area contributed by atoms with Crippen LogP contribution in [0.25, 0.3) is 0 Å². The molecule has 0 saturated carbocycles. The van der Waals surface area contributed by atoms with Crippen molar-refractivity contribution in [2.45, 2.75) is 42.3 Å². The molecule has 2 saturated heterocycles. The maximum Gasteiger partial charge on any atom is 0.322 e. The van der Waals surface area contributed by atoms with Gasteiger partial charge in [0.2, 0.25) is 5.91 Å². The van der Waals surface area contributed by atoms with Gasteiger partial charge in [0.25, 0.3) is 0 Å². The lowest BCUT2D eigenvalue weighted by Gasteiger charge is -2.34. The van der Waals surface area contributed by atoms with Gasteiger partial charge in [0.05, 0.1) is 12.1 Å². The molecule has 10 heteroatoms. The van der Waals surface area contributed by atoms with Gasteiger partial charge in [-0.25, -0.2) is 18.0 Å². The van der Waals surface area contributed by atoms with E-state index >= 15 is 0 Å². The second kappa shape index (κ2) is 9.64. The fourth-order valence-corrected chi connectivity index (χ4v) is 4.99. The molecule has 4 rings (SSSR count). The highest BCUT2D eigenvalue weighted by molar-refractivity contribution is 7.98. The highest BCUT2D eigenvalue weighted by atomic mass is 32.2. The summed E-state index contributed by atoms with van der Waals surface area (Å²) in [5.41, 5.74) is 6.66. The molecule has 33 heavy (non-hydrogen) atoms. The number of benzene rings is 2. The number of likely N-dealkylation sites (tertiary alicyclic amines) is 2. The molecule has 0 aromatic heterocycles. The maximum absolute atomic E-state index is 13.9. The predicted octanol–water partition coefficient (Wildman–Crippen LogP) is 3.60. The van der Waals surface area contributed by atoms with Gasteiger partial charge in [0.1, 0.15) is 5.82 Å². The normalized spacial score (nSPS) is 20.3. The van der Waals surface area contributed by atoms with Crippen molar-refractivity contribution in [2.24, 2.45) is 5.73 Å². The third-order valence-electron chi connectivity index (χ3n) is 6.15. The third-order valence-corrected chi connectivity index (χ3v) is 6.88. The molecule has 3 N–H and O–H groups in total. The number of anilines is 1. The summed E-state index contributed by atoms with van der Waals surface area (Å²) in [6.45, 7) is 0.839. The van der Waals surface area contributed by atoms with Crippen molar-refractivity contribution in [1.29, 1.82) is 0 Å². The number of nitrogens with zero attached hydrogens (tertiary/aromatic N) is 2. The largest absolute Gasteiger partial charge is 0.336 e. The van der Waals surface area contributed by atoms with E-state index in [0.29, 0.717) is 25.6 Å². The molecule has 2 fully saturated rings. The molecule has 0 radical (unpaired) electrons. The zero-order valence-electron chi connectivity index (χ0n) is 18.1. The van der Waals surface area contributed by atoms with Crippen LogP contribution in [0.3, 0.4) is 0 Å². The summed E-state index contributed by atoms with van der Waals surface area (Å²) in [4.78, 5) is 30.0. The highest BCUT2D eigenvalue weighted by Crippen LogP contribution is 2.32. The summed E-state index contributed by atoms with van der Waals surface area (Å²) < 4.78 is 40.4. The Bertz CT molecular complexity index is 1070. The number of hydrogen-bond donors (Lipinski definition) is 2. The average molecular weight is 479 g/mol. The van der Waals surface area contributed by atoms with Crippen molar-refractivity contribution in [1.82, 2.24) is 9.80 Å². The van der Waals surface area contributed by atoms with Crippen LogP contribution in [-0.4, -0.2) is 59.2 Å². The number of carbonyl (C=O) groups excluding carboxylic acids is 2. The van der Waals surface area contributed by atoms with Crippen molar-refractivity contribution in [3.63, 3.8) is 0 Å². The molecule has 0 aliphatic carbocycles. The van der Waals surface area contributed by atoms with Gasteiger partial charge in [0, 0.05) is 42.2 Å². The van der Waals surface area contributed by atoms with Crippen LogP contribution in [0.2, 0.25) is 0 Å². The van der Waals surface area contributed by atoms with Gasteiger partial charge in [-0.1, -0.05) is 6.07 Å². The zero-order chi connectivity index (χ0) is 23.7. The predicted molar refractivity (Wildman–Crippen MR) is 120 cm³/mol. The van der Waals surface area contributed by atoms with Gasteiger partial charge in [-0.2, -0.15) is 0 Å². The maximum atomic E-state index is 13.9. The standard InChI is InChI=1S/C23H25F3N4O2S/c1-33-18-4-2-3-15(8-18)28-23(32)30-12-16-9-17(30)11-29(16)22(31)7-14(27)5-13-6-20(25)21(26)10-19(13)24/h2-4,6,8,10,14,16-17H,5,7,9,11-12,27H2,1H3,(H,28,32)/t14-,16-,17-/m1/s1. The van der Waals surface area contributed by atoms with E-state index < -0.39 is 23.5 Å². The Morgan fingerprint density at radius 1 is 1.09 bits per heavy atom. The minimum Gasteiger partial charge on any atom is -0.336 e. The van der Waals surface area contributed by atoms with Gasteiger partial charge in [-0.05, 0) is 48.9 Å². The number of hydrogen-bond acceptors (Lipinski definition) is 4. The molecule has 3 atom stereocenters. The number of rotatable bonds is 6. The van der Waals surface area contributed by atoms with Crippen molar-refractivity contribution in [3.8, 4) is 0 Å². The van der Waals surface area contributed by atoms with Crippen molar-refractivity contribution < 1.29 is 22.8 Å². The molecule has 2 aliphatic heterocycles. The Kier molecular flexibility index (Phi) is 6.85. The SMILES string of the molecule is CSc1cccc(NC(=O)N2C[C@H]3C[C@@H]2CN3C(=O)C[C@H](N)Cc2cc(F)c(F)cc2F)c1. The Balaban J connectivity index is 1.30. The summed E-state index contributed by atoms with van der Waals surface area (Å²) in [7, 11) is 0. The lowest BCUT2D eigenvalue weighted by atomic mass is 10.0. The van der Waals surface area contributed by atoms with Crippen molar-refractivity contribution in [2.75, 3.05) is 24.7 Å². The molecule has 2 aromatic rings. The molecule has 6 nitrogen and oxygen atoms in total. The van der Waals surface area contributed by atoms with E-state index in [4.69, 9.17) is 5.73 Å². The van der Waals surface area contributed by atoms with E-state index in [1.54, 1.807) is 21.6 Å². The Hall–Kier alpha value is -2.72. The first-order valence-electron chi connectivity index (χ1n) is 10.6. The summed E-state index contributed by atoms with van der Waals surface area (Å²) in [6.07, 6.45) is 2.53. The van der Waals surface area contributed by atoms with Crippen LogP contribution >= 0.6 is 11.8 Å². The Morgan fingerprint density at radius 3 is 2.48 bits per heavy atom. The van der Waals surface area contributed by atoms with Gasteiger partial charge in [0.15, 0.2) is 11.6 Å². The van der Waals surface area contributed by atoms with Crippen LogP contribution in [0.4, 0.5) is 23.7 Å². The van der Waals surface area contributed by atoms with Crippen molar-refractivity contribution in [3.05, 3.63) is 59.4 Å². The first-order chi connectivity index (χ1) is 15.7. The molecule has 2 aromatic carbocycles. The molecule has 0 spiro atoms. The van der Waals surface area contributed by atoms with Crippen molar-refractivity contribution >= 4 is 29.4 Å². The number of nitrogens with two attached hydrogens (primary N) is 1. The van der Waals surface area contributed by atoms with Gasteiger partial charge in [-0.15, -0.1) is 11.8 Å². The van der Waals surface area contributed by atoms with E-state index in [1.165, 1.54) is 0 Å². The topological polar surface area (TPSA) is 78.7 Å². The van der Waals surface area contributed by atoms with Crippen LogP contribution in [0.1, 0.15) is 18.4 Å². The number of fused-ring (bicyclic) bond motifs is 2. The number of thioether (sulfide) groups is 1. The number of urea groups is 1. The van der Waals surface area contributed by atoms with Crippen LogP contribution < -0.4 is 11.1 Å². The molecular formula is C23H25F3N4O2S. The van der Waals surface area contributed by atoms with Gasteiger partial charge in [-0.3, -0.25) is 4.79 Å². The molecule has 3 amide bonds. The molecular weight excluding hydrogens is 453 g/mol.